The van der Waals surface area contributed by atoms with Crippen molar-refractivity contribution in [1.82, 2.24) is 9.97 Å². The van der Waals surface area contributed by atoms with Crippen molar-refractivity contribution < 1.29 is 0 Å². The molecule has 4 nitrogen and oxygen atoms in total. The first-order valence-electron chi connectivity index (χ1n) is 7.18. The molecule has 0 bridgehead atoms. The van der Waals surface area contributed by atoms with Crippen molar-refractivity contribution in [3.05, 3.63) is 77.4 Å². The van der Waals surface area contributed by atoms with E-state index in [1.165, 1.54) is 0 Å². The van der Waals surface area contributed by atoms with Crippen molar-refractivity contribution in [1.29, 1.82) is 0 Å². The summed E-state index contributed by atoms with van der Waals surface area (Å²) < 4.78 is 0. The third-order valence-electron chi connectivity index (χ3n) is 3.26. The molecule has 0 fully saturated rings. The molecule has 1 heterocycles. The number of benzene rings is 2. The van der Waals surface area contributed by atoms with E-state index in [4.69, 9.17) is 11.6 Å². The third-order valence-corrected chi connectivity index (χ3v) is 3.45. The van der Waals surface area contributed by atoms with Gasteiger partial charge in [-0.15, -0.1) is 0 Å². The van der Waals surface area contributed by atoms with Crippen molar-refractivity contribution in [2.24, 2.45) is 5.10 Å². The quantitative estimate of drug-likeness (QED) is 0.433. The molecule has 23 heavy (non-hydrogen) atoms. The monoisotopic (exact) mass is 322 g/mol. The van der Waals surface area contributed by atoms with Gasteiger partial charge >= 0.3 is 0 Å². The van der Waals surface area contributed by atoms with Gasteiger partial charge in [-0.05, 0) is 12.5 Å². The number of halogens is 1. The van der Waals surface area contributed by atoms with Crippen LogP contribution in [0.5, 0.6) is 0 Å². The molecule has 0 unspecified atom stereocenters. The van der Waals surface area contributed by atoms with Crippen LogP contribution in [0.4, 0.5) is 5.82 Å². The molecule has 0 radical (unpaired) electrons. The molecular weight excluding hydrogens is 308 g/mol. The van der Waals surface area contributed by atoms with Gasteiger partial charge in [-0.2, -0.15) is 5.10 Å². The van der Waals surface area contributed by atoms with Crippen LogP contribution in [-0.2, 0) is 0 Å². The van der Waals surface area contributed by atoms with Gasteiger partial charge in [0, 0.05) is 11.6 Å². The fraction of sp³-hybridized carbons (Fsp3) is 0.0556. The van der Waals surface area contributed by atoms with Crippen LogP contribution >= 0.6 is 11.6 Å². The fourth-order valence-corrected chi connectivity index (χ4v) is 2.26. The van der Waals surface area contributed by atoms with Crippen LogP contribution < -0.4 is 5.43 Å². The van der Waals surface area contributed by atoms with Crippen LogP contribution in [0.1, 0.15) is 12.5 Å². The van der Waals surface area contributed by atoms with E-state index in [1.807, 2.05) is 67.6 Å². The van der Waals surface area contributed by atoms with E-state index in [0.29, 0.717) is 16.8 Å². The molecule has 2 aromatic carbocycles. The molecule has 3 aromatic rings. The standard InChI is InChI=1S/C18H15ClN4/c1-13(14-8-4-2-5-9-14)22-23-17-12-16(19)20-18(21-17)15-10-6-3-7-11-15/h2-12H,1H3,(H,20,21,23)/b22-13+. The maximum Gasteiger partial charge on any atom is 0.163 e. The lowest BCUT2D eigenvalue weighted by Gasteiger charge is -2.06. The summed E-state index contributed by atoms with van der Waals surface area (Å²) in [5, 5.41) is 4.73. The summed E-state index contributed by atoms with van der Waals surface area (Å²) in [5.74, 6) is 1.12. The lowest BCUT2D eigenvalue weighted by Crippen LogP contribution is -2.02. The summed E-state index contributed by atoms with van der Waals surface area (Å²) in [6.45, 7) is 1.93. The first kappa shape index (κ1) is 15.2. The number of hydrazone groups is 1. The first-order chi connectivity index (χ1) is 11.2. The summed E-state index contributed by atoms with van der Waals surface area (Å²) in [6.07, 6.45) is 0. The van der Waals surface area contributed by atoms with E-state index in [-0.39, 0.29) is 0 Å². The van der Waals surface area contributed by atoms with Gasteiger partial charge < -0.3 is 0 Å². The largest absolute Gasteiger partial charge is 0.261 e. The summed E-state index contributed by atoms with van der Waals surface area (Å²) >= 11 is 6.09. The number of hydrogen-bond donors (Lipinski definition) is 1. The van der Waals surface area contributed by atoms with Gasteiger partial charge in [0.15, 0.2) is 11.6 Å². The van der Waals surface area contributed by atoms with Crippen molar-refractivity contribution >= 4 is 23.1 Å². The highest BCUT2D eigenvalue weighted by Crippen LogP contribution is 2.20. The Labute approximate surface area is 139 Å². The molecule has 1 N–H and O–H groups in total. The second kappa shape index (κ2) is 7.03. The SMILES string of the molecule is C/C(=N\Nc1cc(Cl)nc(-c2ccccc2)n1)c1ccccc1. The Bertz CT molecular complexity index is 817. The molecule has 0 spiro atoms. The zero-order valence-electron chi connectivity index (χ0n) is 12.6. The van der Waals surface area contributed by atoms with Crippen LogP contribution in [0, 0.1) is 0 Å². The highest BCUT2D eigenvalue weighted by atomic mass is 35.5. The Morgan fingerprint density at radius 2 is 1.61 bits per heavy atom. The molecule has 0 amide bonds. The maximum atomic E-state index is 6.09. The number of nitrogens with one attached hydrogen (secondary N) is 1. The molecule has 114 valence electrons. The smallest absolute Gasteiger partial charge is 0.163 e. The number of hydrogen-bond acceptors (Lipinski definition) is 4. The normalized spacial score (nSPS) is 11.3. The zero-order valence-corrected chi connectivity index (χ0v) is 13.3. The van der Waals surface area contributed by atoms with Crippen LogP contribution in [0.25, 0.3) is 11.4 Å². The lowest BCUT2D eigenvalue weighted by molar-refractivity contribution is 1.14. The van der Waals surface area contributed by atoms with Crippen molar-refractivity contribution in [3.63, 3.8) is 0 Å². The Kier molecular flexibility index (Phi) is 4.64. The summed E-state index contributed by atoms with van der Waals surface area (Å²) in [6, 6.07) is 21.3. The van der Waals surface area contributed by atoms with Crippen LogP contribution in [-0.4, -0.2) is 15.7 Å². The van der Waals surface area contributed by atoms with Crippen LogP contribution in [0.2, 0.25) is 5.15 Å². The minimum absolute atomic E-state index is 0.369. The minimum Gasteiger partial charge on any atom is -0.261 e. The molecular formula is C18H15ClN4. The Morgan fingerprint density at radius 3 is 2.30 bits per heavy atom. The summed E-state index contributed by atoms with van der Waals surface area (Å²) in [4.78, 5) is 8.71. The molecule has 0 saturated carbocycles. The molecule has 0 atom stereocenters. The molecule has 3 rings (SSSR count). The average molecular weight is 323 g/mol. The van der Waals surface area contributed by atoms with Crippen molar-refractivity contribution in [2.75, 3.05) is 5.43 Å². The van der Waals surface area contributed by atoms with Crippen molar-refractivity contribution in [2.45, 2.75) is 6.92 Å². The number of rotatable bonds is 4. The predicted molar refractivity (Wildman–Crippen MR) is 94.8 cm³/mol. The van der Waals surface area contributed by atoms with Crippen LogP contribution in [0.3, 0.4) is 0 Å². The predicted octanol–water partition coefficient (Wildman–Crippen LogP) is 4.63. The molecule has 1 aromatic heterocycles. The second-order valence-electron chi connectivity index (χ2n) is 4.94. The molecule has 0 aliphatic heterocycles. The van der Waals surface area contributed by atoms with E-state index in [1.54, 1.807) is 6.07 Å². The highest BCUT2D eigenvalue weighted by molar-refractivity contribution is 6.29. The van der Waals surface area contributed by atoms with E-state index in [9.17, 15) is 0 Å². The Hall–Kier alpha value is -2.72. The van der Waals surface area contributed by atoms with Gasteiger partial charge in [0.05, 0.1) is 5.71 Å². The minimum atomic E-state index is 0.369. The molecule has 0 aliphatic rings. The summed E-state index contributed by atoms with van der Waals surface area (Å²) in [7, 11) is 0. The van der Waals surface area contributed by atoms with E-state index in [2.05, 4.69) is 20.5 Å². The van der Waals surface area contributed by atoms with Gasteiger partial charge in [0.25, 0.3) is 0 Å². The molecule has 0 saturated heterocycles. The van der Waals surface area contributed by atoms with E-state index < -0.39 is 0 Å². The van der Waals surface area contributed by atoms with Crippen LogP contribution in [0.15, 0.2) is 71.8 Å². The topological polar surface area (TPSA) is 50.2 Å². The van der Waals surface area contributed by atoms with E-state index >= 15 is 0 Å². The average Bonchev–Trinajstić information content (AvgIpc) is 2.61. The zero-order chi connectivity index (χ0) is 16.1. The number of nitrogens with zero attached hydrogens (tertiary/aromatic N) is 3. The Balaban J connectivity index is 1.85. The second-order valence-corrected chi connectivity index (χ2v) is 5.33. The molecule has 5 heteroatoms. The lowest BCUT2D eigenvalue weighted by atomic mass is 10.1. The highest BCUT2D eigenvalue weighted by Gasteiger charge is 2.05. The summed E-state index contributed by atoms with van der Waals surface area (Å²) in [5.41, 5.74) is 5.76. The van der Waals surface area contributed by atoms with Gasteiger partial charge in [0.1, 0.15) is 5.15 Å². The maximum absolute atomic E-state index is 6.09. The molecule has 0 aliphatic carbocycles. The number of anilines is 1. The van der Waals surface area contributed by atoms with Gasteiger partial charge in [-0.3, -0.25) is 5.43 Å². The van der Waals surface area contributed by atoms with Crippen molar-refractivity contribution in [3.8, 4) is 11.4 Å². The van der Waals surface area contributed by atoms with Gasteiger partial charge in [-0.25, -0.2) is 9.97 Å². The Morgan fingerprint density at radius 1 is 0.957 bits per heavy atom. The first-order valence-corrected chi connectivity index (χ1v) is 7.56. The fourth-order valence-electron chi connectivity index (χ4n) is 2.08. The van der Waals surface area contributed by atoms with Gasteiger partial charge in [0.2, 0.25) is 0 Å². The third kappa shape index (κ3) is 3.93. The van der Waals surface area contributed by atoms with E-state index in [0.717, 1.165) is 16.8 Å². The van der Waals surface area contributed by atoms with Gasteiger partial charge in [-0.1, -0.05) is 72.3 Å². The number of aromatic nitrogens is 2.